The van der Waals surface area contributed by atoms with Crippen LogP contribution < -0.4 is 0 Å². The van der Waals surface area contributed by atoms with Crippen LogP contribution in [0.2, 0.25) is 5.02 Å². The van der Waals surface area contributed by atoms with Crippen LogP contribution in [-0.2, 0) is 6.18 Å². The van der Waals surface area contributed by atoms with Crippen molar-refractivity contribution in [3.63, 3.8) is 0 Å². The SMILES string of the molecule is O=C(c1cccc(C(F)(F)F)c1)N1CCSC(c2ccccc2Cl)CC1. The van der Waals surface area contributed by atoms with Gasteiger partial charge in [-0.2, -0.15) is 24.9 Å². The molecule has 2 aromatic carbocycles. The first-order chi connectivity index (χ1) is 12.4. The summed E-state index contributed by atoms with van der Waals surface area (Å²) in [4.78, 5) is 14.3. The molecule has 2 nitrogen and oxygen atoms in total. The normalized spacial score (nSPS) is 18.5. The Kier molecular flexibility index (Phi) is 5.82. The van der Waals surface area contributed by atoms with E-state index in [-0.39, 0.29) is 16.7 Å². The number of nitrogens with zero attached hydrogens (tertiary/aromatic N) is 1. The maximum absolute atomic E-state index is 12.9. The standard InChI is InChI=1S/C19H17ClF3NOS/c20-16-7-2-1-6-15(16)17-8-9-24(10-11-26-17)18(25)13-4-3-5-14(12-13)19(21,22)23/h1-7,12,17H,8-11H2. The molecule has 0 radical (unpaired) electrons. The van der Waals surface area contributed by atoms with Crippen LogP contribution in [0.15, 0.2) is 48.5 Å². The molecule has 1 aliphatic rings. The zero-order chi connectivity index (χ0) is 18.7. The van der Waals surface area contributed by atoms with Crippen molar-refractivity contribution in [2.75, 3.05) is 18.8 Å². The van der Waals surface area contributed by atoms with E-state index in [9.17, 15) is 18.0 Å². The molecular weight excluding hydrogens is 383 g/mol. The number of thioether (sulfide) groups is 1. The van der Waals surface area contributed by atoms with Crippen molar-refractivity contribution in [2.24, 2.45) is 0 Å². The van der Waals surface area contributed by atoms with Gasteiger partial charge in [0.1, 0.15) is 0 Å². The van der Waals surface area contributed by atoms with Crippen molar-refractivity contribution in [1.29, 1.82) is 0 Å². The highest BCUT2D eigenvalue weighted by molar-refractivity contribution is 7.99. The molecule has 0 aromatic heterocycles. The van der Waals surface area contributed by atoms with Crippen molar-refractivity contribution in [3.8, 4) is 0 Å². The number of hydrogen-bond donors (Lipinski definition) is 0. The van der Waals surface area contributed by atoms with Crippen LogP contribution in [0, 0.1) is 0 Å². The highest BCUT2D eigenvalue weighted by atomic mass is 35.5. The molecule has 1 unspecified atom stereocenters. The van der Waals surface area contributed by atoms with Crippen molar-refractivity contribution in [1.82, 2.24) is 4.90 Å². The minimum Gasteiger partial charge on any atom is -0.338 e. The molecule has 26 heavy (non-hydrogen) atoms. The summed E-state index contributed by atoms with van der Waals surface area (Å²) >= 11 is 7.98. The second kappa shape index (κ2) is 7.92. The third-order valence-electron chi connectivity index (χ3n) is 4.32. The van der Waals surface area contributed by atoms with Gasteiger partial charge < -0.3 is 4.90 Å². The van der Waals surface area contributed by atoms with Crippen LogP contribution >= 0.6 is 23.4 Å². The Labute approximate surface area is 159 Å². The number of amides is 1. The van der Waals surface area contributed by atoms with Crippen molar-refractivity contribution < 1.29 is 18.0 Å². The van der Waals surface area contributed by atoms with E-state index in [1.165, 1.54) is 12.1 Å². The first kappa shape index (κ1) is 19.1. The Hall–Kier alpha value is -1.66. The molecule has 1 fully saturated rings. The summed E-state index contributed by atoms with van der Waals surface area (Å²) < 4.78 is 38.6. The highest BCUT2D eigenvalue weighted by Gasteiger charge is 2.31. The molecule has 0 N–H and O–H groups in total. The van der Waals surface area contributed by atoms with Gasteiger partial charge in [-0.05, 0) is 36.2 Å². The van der Waals surface area contributed by atoms with Crippen LogP contribution in [0.5, 0.6) is 0 Å². The van der Waals surface area contributed by atoms with E-state index >= 15 is 0 Å². The summed E-state index contributed by atoms with van der Waals surface area (Å²) in [5, 5.41) is 0.866. The number of alkyl halides is 3. The molecule has 0 bridgehead atoms. The van der Waals surface area contributed by atoms with Crippen LogP contribution in [0.3, 0.4) is 0 Å². The lowest BCUT2D eigenvalue weighted by Crippen LogP contribution is -2.33. The molecular formula is C19H17ClF3NOS. The second-order valence-electron chi connectivity index (χ2n) is 6.04. The fourth-order valence-electron chi connectivity index (χ4n) is 2.97. The summed E-state index contributed by atoms with van der Waals surface area (Å²) in [6, 6.07) is 12.2. The Morgan fingerprint density at radius 3 is 2.62 bits per heavy atom. The van der Waals surface area contributed by atoms with Gasteiger partial charge in [-0.1, -0.05) is 35.9 Å². The molecule has 1 atom stereocenters. The van der Waals surface area contributed by atoms with Gasteiger partial charge in [0.05, 0.1) is 5.56 Å². The number of halogens is 4. The Morgan fingerprint density at radius 2 is 1.88 bits per heavy atom. The van der Waals surface area contributed by atoms with E-state index in [1.54, 1.807) is 16.7 Å². The topological polar surface area (TPSA) is 20.3 Å². The van der Waals surface area contributed by atoms with Gasteiger partial charge in [0, 0.05) is 34.7 Å². The minimum atomic E-state index is -4.46. The van der Waals surface area contributed by atoms with E-state index in [4.69, 9.17) is 11.6 Å². The fraction of sp³-hybridized carbons (Fsp3) is 0.316. The van der Waals surface area contributed by atoms with Crippen LogP contribution in [0.4, 0.5) is 13.2 Å². The lowest BCUT2D eigenvalue weighted by Gasteiger charge is -2.21. The summed E-state index contributed by atoms with van der Waals surface area (Å²) in [6.45, 7) is 0.985. The predicted molar refractivity (Wildman–Crippen MR) is 98.6 cm³/mol. The number of rotatable bonds is 2. The summed E-state index contributed by atoms with van der Waals surface area (Å²) in [6.07, 6.45) is -3.75. The molecule has 0 spiro atoms. The molecule has 1 saturated heterocycles. The van der Waals surface area contributed by atoms with Crippen LogP contribution in [0.25, 0.3) is 0 Å². The average Bonchev–Trinajstić information content (AvgIpc) is 2.87. The van der Waals surface area contributed by atoms with Gasteiger partial charge in [-0.25, -0.2) is 0 Å². The average molecular weight is 400 g/mol. The molecule has 0 saturated carbocycles. The monoisotopic (exact) mass is 399 g/mol. The number of benzene rings is 2. The van der Waals surface area contributed by atoms with Crippen molar-refractivity contribution in [2.45, 2.75) is 17.8 Å². The van der Waals surface area contributed by atoms with E-state index in [0.717, 1.165) is 17.7 Å². The Balaban J connectivity index is 1.73. The lowest BCUT2D eigenvalue weighted by atomic mass is 10.1. The van der Waals surface area contributed by atoms with Gasteiger partial charge in [0.2, 0.25) is 0 Å². The zero-order valence-electron chi connectivity index (χ0n) is 13.8. The Bertz CT molecular complexity index is 796. The van der Waals surface area contributed by atoms with Crippen molar-refractivity contribution in [3.05, 3.63) is 70.2 Å². The smallest absolute Gasteiger partial charge is 0.338 e. The maximum Gasteiger partial charge on any atom is 0.416 e. The number of hydrogen-bond acceptors (Lipinski definition) is 2. The van der Waals surface area contributed by atoms with Crippen LogP contribution in [0.1, 0.15) is 33.2 Å². The predicted octanol–water partition coefficient (Wildman–Crippen LogP) is 5.68. The molecule has 1 heterocycles. The van der Waals surface area contributed by atoms with Gasteiger partial charge >= 0.3 is 6.18 Å². The lowest BCUT2D eigenvalue weighted by molar-refractivity contribution is -0.137. The third kappa shape index (κ3) is 4.35. The maximum atomic E-state index is 12.9. The summed E-state index contributed by atoms with van der Waals surface area (Å²) in [5.41, 5.74) is 0.301. The van der Waals surface area contributed by atoms with E-state index in [1.807, 2.05) is 24.3 Å². The van der Waals surface area contributed by atoms with Gasteiger partial charge in [-0.3, -0.25) is 4.79 Å². The second-order valence-corrected chi connectivity index (χ2v) is 7.76. The first-order valence-electron chi connectivity index (χ1n) is 8.19. The quantitative estimate of drug-likeness (QED) is 0.647. The molecule has 1 aliphatic heterocycles. The summed E-state index contributed by atoms with van der Waals surface area (Å²) in [5.74, 6) is 0.345. The molecule has 1 amide bonds. The van der Waals surface area contributed by atoms with Gasteiger partial charge in [0.15, 0.2) is 0 Å². The zero-order valence-corrected chi connectivity index (χ0v) is 15.4. The summed E-state index contributed by atoms with van der Waals surface area (Å²) in [7, 11) is 0. The Morgan fingerprint density at radius 1 is 1.12 bits per heavy atom. The fourth-order valence-corrected chi connectivity index (χ4v) is 4.57. The largest absolute Gasteiger partial charge is 0.416 e. The third-order valence-corrected chi connectivity index (χ3v) is 5.97. The number of carbonyl (C=O) groups excluding carboxylic acids is 1. The first-order valence-corrected chi connectivity index (χ1v) is 9.61. The highest BCUT2D eigenvalue weighted by Crippen LogP contribution is 2.38. The van der Waals surface area contributed by atoms with Gasteiger partial charge in [0.25, 0.3) is 5.91 Å². The van der Waals surface area contributed by atoms with E-state index in [0.29, 0.717) is 30.3 Å². The number of carbonyl (C=O) groups is 1. The minimum absolute atomic E-state index is 0.0704. The van der Waals surface area contributed by atoms with Crippen molar-refractivity contribution >= 4 is 29.3 Å². The molecule has 0 aliphatic carbocycles. The van der Waals surface area contributed by atoms with Crippen LogP contribution in [-0.4, -0.2) is 29.6 Å². The van der Waals surface area contributed by atoms with E-state index < -0.39 is 11.7 Å². The van der Waals surface area contributed by atoms with Gasteiger partial charge in [-0.15, -0.1) is 0 Å². The molecule has 7 heteroatoms. The molecule has 2 aromatic rings. The molecule has 138 valence electrons. The van der Waals surface area contributed by atoms with E-state index in [2.05, 4.69) is 0 Å². The molecule has 3 rings (SSSR count).